The van der Waals surface area contributed by atoms with Crippen molar-refractivity contribution < 1.29 is 0 Å². The number of hydrogen-bond acceptors (Lipinski definition) is 2. The van der Waals surface area contributed by atoms with E-state index in [0.29, 0.717) is 0 Å². The fourth-order valence-electron chi connectivity index (χ4n) is 1.99. The van der Waals surface area contributed by atoms with Crippen LogP contribution in [0.1, 0.15) is 39.0 Å². The van der Waals surface area contributed by atoms with Crippen molar-refractivity contribution in [3.63, 3.8) is 0 Å². The maximum atomic E-state index is 5.64. The summed E-state index contributed by atoms with van der Waals surface area (Å²) in [7, 11) is 2.20. The van der Waals surface area contributed by atoms with Gasteiger partial charge in [-0.1, -0.05) is 19.8 Å². The first kappa shape index (κ1) is 11.5. The van der Waals surface area contributed by atoms with Crippen LogP contribution in [-0.4, -0.2) is 36.9 Å². The minimum Gasteiger partial charge on any atom is -0.387 e. The molecular formula is C11H23N3. The zero-order valence-electron chi connectivity index (χ0n) is 9.50. The molecule has 0 aromatic carbocycles. The summed E-state index contributed by atoms with van der Waals surface area (Å²) in [6, 6.07) is 0.799. The predicted octanol–water partition coefficient (Wildman–Crippen LogP) is 1.63. The highest BCUT2D eigenvalue weighted by molar-refractivity contribution is 5.79. The molecule has 3 nitrogen and oxygen atoms in total. The molecule has 0 aromatic rings. The zero-order valence-corrected chi connectivity index (χ0v) is 9.50. The Labute approximate surface area is 87.4 Å². The Morgan fingerprint density at radius 3 is 2.64 bits per heavy atom. The molecule has 0 radical (unpaired) electrons. The molecule has 1 rings (SSSR count). The third-order valence-electron chi connectivity index (χ3n) is 3.08. The highest BCUT2D eigenvalue weighted by Gasteiger charge is 2.18. The lowest BCUT2D eigenvalue weighted by Gasteiger charge is -2.22. The smallest absolute Gasteiger partial charge is 0.0934 e. The summed E-state index contributed by atoms with van der Waals surface area (Å²) in [5, 5.41) is 0. The fraction of sp³-hybridized carbons (Fsp3) is 0.909. The van der Waals surface area contributed by atoms with E-state index in [-0.39, 0.29) is 0 Å². The molecule has 2 N–H and O–H groups in total. The van der Waals surface area contributed by atoms with Crippen LogP contribution in [0.3, 0.4) is 0 Å². The molecule has 1 fully saturated rings. The Kier molecular flexibility index (Phi) is 4.94. The van der Waals surface area contributed by atoms with Crippen molar-refractivity contribution in [2.24, 2.45) is 10.7 Å². The summed E-state index contributed by atoms with van der Waals surface area (Å²) in [6.45, 7) is 3.94. The maximum absolute atomic E-state index is 5.64. The van der Waals surface area contributed by atoms with Crippen LogP contribution < -0.4 is 5.73 Å². The number of nitrogens with two attached hydrogens (primary N) is 1. The van der Waals surface area contributed by atoms with Gasteiger partial charge in [-0.2, -0.15) is 0 Å². The first-order valence-corrected chi connectivity index (χ1v) is 5.73. The van der Waals surface area contributed by atoms with Crippen LogP contribution in [-0.2, 0) is 0 Å². The van der Waals surface area contributed by atoms with Gasteiger partial charge in [-0.25, -0.2) is 0 Å². The van der Waals surface area contributed by atoms with Crippen LogP contribution in [0.4, 0.5) is 0 Å². The third kappa shape index (κ3) is 3.66. The number of nitrogens with zero attached hydrogens (tertiary/aromatic N) is 2. The molecule has 0 aliphatic heterocycles. The normalized spacial score (nSPS) is 19.5. The van der Waals surface area contributed by atoms with E-state index in [1.807, 2.05) is 6.92 Å². The molecule has 3 heteroatoms. The Balaban J connectivity index is 2.17. The lowest BCUT2D eigenvalue weighted by atomic mass is 10.2. The van der Waals surface area contributed by atoms with Gasteiger partial charge >= 0.3 is 0 Å². The van der Waals surface area contributed by atoms with E-state index in [0.717, 1.165) is 31.4 Å². The summed E-state index contributed by atoms with van der Waals surface area (Å²) in [5.74, 6) is 0.782. The monoisotopic (exact) mass is 197 g/mol. The Morgan fingerprint density at radius 1 is 1.43 bits per heavy atom. The van der Waals surface area contributed by atoms with Crippen molar-refractivity contribution in [1.82, 2.24) is 4.90 Å². The molecule has 0 atom stereocenters. The molecule has 0 saturated heterocycles. The van der Waals surface area contributed by atoms with E-state index in [1.165, 1.54) is 25.7 Å². The molecule has 14 heavy (non-hydrogen) atoms. The first-order chi connectivity index (χ1) is 6.74. The van der Waals surface area contributed by atoms with Gasteiger partial charge in [-0.05, 0) is 19.9 Å². The lowest BCUT2D eigenvalue weighted by Crippen LogP contribution is -2.31. The van der Waals surface area contributed by atoms with Crippen molar-refractivity contribution in [2.45, 2.75) is 45.1 Å². The van der Waals surface area contributed by atoms with E-state index < -0.39 is 0 Å². The van der Waals surface area contributed by atoms with Gasteiger partial charge in [0.25, 0.3) is 0 Å². The molecule has 1 aliphatic carbocycles. The summed E-state index contributed by atoms with van der Waals surface area (Å²) in [4.78, 5) is 6.74. The van der Waals surface area contributed by atoms with Gasteiger partial charge in [0.05, 0.1) is 12.4 Å². The average molecular weight is 197 g/mol. The van der Waals surface area contributed by atoms with E-state index in [9.17, 15) is 0 Å². The second kappa shape index (κ2) is 6.02. The number of likely N-dealkylation sites (N-methyl/N-ethyl adjacent to an activating group) is 1. The van der Waals surface area contributed by atoms with Crippen LogP contribution in [0.5, 0.6) is 0 Å². The van der Waals surface area contributed by atoms with Crippen molar-refractivity contribution in [1.29, 1.82) is 0 Å². The number of hydrogen-bond donors (Lipinski definition) is 1. The van der Waals surface area contributed by atoms with Gasteiger partial charge in [0, 0.05) is 19.0 Å². The maximum Gasteiger partial charge on any atom is 0.0934 e. The minimum absolute atomic E-state index is 0.782. The quantitative estimate of drug-likeness (QED) is 0.537. The lowest BCUT2D eigenvalue weighted by molar-refractivity contribution is 0.252. The van der Waals surface area contributed by atoms with Crippen LogP contribution >= 0.6 is 0 Å². The summed E-state index contributed by atoms with van der Waals surface area (Å²) >= 11 is 0. The molecule has 0 spiro atoms. The van der Waals surface area contributed by atoms with Gasteiger partial charge in [0.15, 0.2) is 0 Å². The highest BCUT2D eigenvalue weighted by atomic mass is 15.1. The highest BCUT2D eigenvalue weighted by Crippen LogP contribution is 2.21. The third-order valence-corrected chi connectivity index (χ3v) is 3.08. The number of aliphatic imine (C=N–C) groups is 1. The standard InChI is InChI=1S/C11H23N3/c1-3-11(12)13-8-9-14(2)10-6-4-5-7-10/h10H,3-9H2,1-2H3,(H2,12,13). The van der Waals surface area contributed by atoms with Crippen LogP contribution in [0.15, 0.2) is 4.99 Å². The van der Waals surface area contributed by atoms with Crippen molar-refractivity contribution >= 4 is 5.84 Å². The van der Waals surface area contributed by atoms with E-state index >= 15 is 0 Å². The van der Waals surface area contributed by atoms with Crippen LogP contribution in [0, 0.1) is 0 Å². The Morgan fingerprint density at radius 2 is 2.07 bits per heavy atom. The summed E-state index contributed by atoms with van der Waals surface area (Å²) in [5.41, 5.74) is 5.64. The Hall–Kier alpha value is -0.570. The second-order valence-electron chi connectivity index (χ2n) is 4.15. The van der Waals surface area contributed by atoms with Crippen molar-refractivity contribution in [2.75, 3.05) is 20.1 Å². The topological polar surface area (TPSA) is 41.6 Å². The minimum atomic E-state index is 0.782. The molecule has 0 bridgehead atoms. The molecule has 0 unspecified atom stereocenters. The van der Waals surface area contributed by atoms with E-state index in [2.05, 4.69) is 16.9 Å². The number of rotatable bonds is 5. The van der Waals surface area contributed by atoms with Gasteiger partial charge in [-0.15, -0.1) is 0 Å². The fourth-order valence-corrected chi connectivity index (χ4v) is 1.99. The Bertz CT molecular complexity index is 183. The summed E-state index contributed by atoms with van der Waals surface area (Å²) in [6.07, 6.45) is 6.39. The molecule has 0 heterocycles. The van der Waals surface area contributed by atoms with Crippen molar-refractivity contribution in [3.8, 4) is 0 Å². The molecule has 1 aliphatic rings. The first-order valence-electron chi connectivity index (χ1n) is 5.73. The second-order valence-corrected chi connectivity index (χ2v) is 4.15. The van der Waals surface area contributed by atoms with Crippen LogP contribution in [0.25, 0.3) is 0 Å². The molecule has 82 valence electrons. The van der Waals surface area contributed by atoms with E-state index in [1.54, 1.807) is 0 Å². The van der Waals surface area contributed by atoms with Crippen LogP contribution in [0.2, 0.25) is 0 Å². The van der Waals surface area contributed by atoms with Gasteiger partial charge in [0.2, 0.25) is 0 Å². The SMILES string of the molecule is CCC(N)=NCCN(C)C1CCCC1. The number of amidine groups is 1. The average Bonchev–Trinajstić information content (AvgIpc) is 2.70. The molecule has 0 aromatic heterocycles. The van der Waals surface area contributed by atoms with Crippen molar-refractivity contribution in [3.05, 3.63) is 0 Å². The molecular weight excluding hydrogens is 174 g/mol. The molecule has 0 amide bonds. The van der Waals surface area contributed by atoms with Gasteiger partial charge in [0.1, 0.15) is 0 Å². The summed E-state index contributed by atoms with van der Waals surface area (Å²) < 4.78 is 0. The van der Waals surface area contributed by atoms with E-state index in [4.69, 9.17) is 5.73 Å². The largest absolute Gasteiger partial charge is 0.387 e. The zero-order chi connectivity index (χ0) is 10.4. The molecule has 1 saturated carbocycles. The predicted molar refractivity (Wildman–Crippen MR) is 61.7 cm³/mol. The van der Waals surface area contributed by atoms with Gasteiger partial charge in [-0.3, -0.25) is 4.99 Å². The van der Waals surface area contributed by atoms with Gasteiger partial charge < -0.3 is 10.6 Å².